The summed E-state index contributed by atoms with van der Waals surface area (Å²) in [5, 5.41) is 10.3. The van der Waals surface area contributed by atoms with Gasteiger partial charge in [0.25, 0.3) is 0 Å². The second-order valence-corrected chi connectivity index (χ2v) is 7.60. The van der Waals surface area contributed by atoms with Crippen LogP contribution in [0, 0.1) is 13.8 Å². The van der Waals surface area contributed by atoms with E-state index < -0.39 is 0 Å². The van der Waals surface area contributed by atoms with Gasteiger partial charge in [-0.2, -0.15) is 0 Å². The predicted octanol–water partition coefficient (Wildman–Crippen LogP) is 3.48. The third-order valence-electron chi connectivity index (χ3n) is 4.69. The lowest BCUT2D eigenvalue weighted by atomic mass is 10.2. The van der Waals surface area contributed by atoms with E-state index in [1.807, 2.05) is 44.2 Å². The summed E-state index contributed by atoms with van der Waals surface area (Å²) in [6, 6.07) is 10.2. The van der Waals surface area contributed by atoms with Crippen LogP contribution < -0.4 is 20.7 Å². The summed E-state index contributed by atoms with van der Waals surface area (Å²) < 4.78 is 5.29. The molecule has 0 aliphatic heterocycles. The molecule has 0 spiro atoms. The van der Waals surface area contributed by atoms with Crippen LogP contribution in [0.2, 0.25) is 0 Å². The first-order chi connectivity index (χ1) is 14.0. The van der Waals surface area contributed by atoms with E-state index in [9.17, 15) is 0 Å². The van der Waals surface area contributed by atoms with Gasteiger partial charge in [0, 0.05) is 17.4 Å². The Morgan fingerprint density at radius 2 is 1.90 bits per heavy atom. The molecule has 0 bridgehead atoms. The zero-order valence-corrected chi connectivity index (χ0v) is 18.0. The van der Waals surface area contributed by atoms with Crippen LogP contribution in [-0.2, 0) is 6.54 Å². The first-order valence-corrected chi connectivity index (χ1v) is 10.3. The number of aryl methyl sites for hydroxylation is 2. The first-order valence-electron chi connectivity index (χ1n) is 9.86. The van der Waals surface area contributed by atoms with Crippen molar-refractivity contribution in [2.45, 2.75) is 52.1 Å². The number of hydrogen-bond acceptors (Lipinski definition) is 5. The fraction of sp³-hybridized carbons (Fsp3) is 0.429. The summed E-state index contributed by atoms with van der Waals surface area (Å²) in [7, 11) is 1.65. The number of ether oxygens (including phenoxy) is 1. The van der Waals surface area contributed by atoms with Crippen LogP contribution in [0.5, 0.6) is 5.75 Å². The number of thiocarbonyl (C=S) groups is 1. The van der Waals surface area contributed by atoms with Gasteiger partial charge in [0.15, 0.2) is 5.11 Å². The van der Waals surface area contributed by atoms with Crippen LogP contribution in [0.4, 0.5) is 5.95 Å². The molecule has 1 aliphatic rings. The largest absolute Gasteiger partial charge is 0.497 e. The summed E-state index contributed by atoms with van der Waals surface area (Å²) in [5.41, 5.74) is 2.80. The topological polar surface area (TPSA) is 83.5 Å². The van der Waals surface area contributed by atoms with E-state index in [0.29, 0.717) is 29.6 Å². The number of methoxy groups -OCH3 is 1. The molecule has 3 N–H and O–H groups in total. The Bertz CT molecular complexity index is 859. The predicted molar refractivity (Wildman–Crippen MR) is 120 cm³/mol. The summed E-state index contributed by atoms with van der Waals surface area (Å²) in [4.78, 5) is 13.5. The summed E-state index contributed by atoms with van der Waals surface area (Å²) in [5.74, 6) is 1.80. The molecule has 1 aliphatic carbocycles. The minimum atomic E-state index is 0.423. The Morgan fingerprint density at radius 3 is 2.59 bits per heavy atom. The molecular weight excluding hydrogens is 384 g/mol. The molecule has 1 heterocycles. The van der Waals surface area contributed by atoms with Gasteiger partial charge in [0.2, 0.25) is 11.9 Å². The van der Waals surface area contributed by atoms with Gasteiger partial charge in [0.05, 0.1) is 13.7 Å². The Balaban J connectivity index is 1.74. The number of nitrogens with zero attached hydrogens (tertiary/aromatic N) is 3. The van der Waals surface area contributed by atoms with Crippen molar-refractivity contribution in [1.29, 1.82) is 0 Å². The molecule has 7 nitrogen and oxygen atoms in total. The molecule has 1 aromatic carbocycles. The van der Waals surface area contributed by atoms with E-state index in [2.05, 4.69) is 30.9 Å². The Labute approximate surface area is 177 Å². The molecule has 2 aromatic rings. The molecule has 0 radical (unpaired) electrons. The quantitative estimate of drug-likeness (QED) is 0.394. The zero-order chi connectivity index (χ0) is 20.6. The highest BCUT2D eigenvalue weighted by Crippen LogP contribution is 2.17. The minimum absolute atomic E-state index is 0.423. The molecule has 8 heteroatoms. The summed E-state index contributed by atoms with van der Waals surface area (Å²) in [6.07, 6.45) is 4.77. The molecular formula is C21H28N6OS. The maximum Gasteiger partial charge on any atom is 0.229 e. The number of nitrogens with one attached hydrogen (secondary N) is 3. The van der Waals surface area contributed by atoms with E-state index in [1.54, 1.807) is 7.11 Å². The van der Waals surface area contributed by atoms with Crippen molar-refractivity contribution in [3.05, 3.63) is 47.3 Å². The lowest BCUT2D eigenvalue weighted by molar-refractivity contribution is 0.414. The molecule has 3 rings (SSSR count). The molecule has 1 fully saturated rings. The van der Waals surface area contributed by atoms with Crippen LogP contribution in [0.15, 0.2) is 35.3 Å². The first kappa shape index (κ1) is 21.0. The highest BCUT2D eigenvalue weighted by molar-refractivity contribution is 7.80. The maximum absolute atomic E-state index is 5.50. The number of aliphatic imine (C=N–C) groups is 1. The van der Waals surface area contributed by atoms with Crippen molar-refractivity contribution in [1.82, 2.24) is 20.6 Å². The van der Waals surface area contributed by atoms with Gasteiger partial charge in [-0.25, -0.2) is 15.0 Å². The van der Waals surface area contributed by atoms with Gasteiger partial charge in [-0.1, -0.05) is 25.0 Å². The van der Waals surface area contributed by atoms with Gasteiger partial charge in [-0.05, 0) is 62.7 Å². The van der Waals surface area contributed by atoms with E-state index in [0.717, 1.165) is 35.5 Å². The van der Waals surface area contributed by atoms with E-state index in [-0.39, 0.29) is 0 Å². The number of hydrogen-bond donors (Lipinski definition) is 3. The fourth-order valence-corrected chi connectivity index (χ4v) is 3.60. The van der Waals surface area contributed by atoms with E-state index in [1.165, 1.54) is 12.8 Å². The molecule has 1 saturated carbocycles. The molecule has 0 amide bonds. The van der Waals surface area contributed by atoms with Crippen molar-refractivity contribution >= 4 is 29.2 Å². The van der Waals surface area contributed by atoms with Crippen molar-refractivity contribution < 1.29 is 4.74 Å². The van der Waals surface area contributed by atoms with Gasteiger partial charge in [0.1, 0.15) is 5.75 Å². The second kappa shape index (κ2) is 10.2. The number of benzene rings is 1. The van der Waals surface area contributed by atoms with E-state index >= 15 is 0 Å². The molecule has 0 unspecified atom stereocenters. The number of aromatic nitrogens is 2. The fourth-order valence-electron chi connectivity index (χ4n) is 3.34. The summed E-state index contributed by atoms with van der Waals surface area (Å²) in [6.45, 7) is 4.34. The SMILES string of the molecule is COc1cccc(CN=C(NC(=S)NC2CCCC2)Nc2nc(C)cc(C)n2)c1. The molecule has 1 aromatic heterocycles. The van der Waals surface area contributed by atoms with Crippen LogP contribution in [0.3, 0.4) is 0 Å². The monoisotopic (exact) mass is 412 g/mol. The average Bonchev–Trinajstić information content (AvgIpc) is 3.18. The van der Waals surface area contributed by atoms with Gasteiger partial charge in [-0.15, -0.1) is 0 Å². The summed E-state index contributed by atoms with van der Waals surface area (Å²) >= 11 is 5.50. The smallest absolute Gasteiger partial charge is 0.229 e. The number of rotatable bonds is 5. The van der Waals surface area contributed by atoms with Crippen molar-refractivity contribution in [3.63, 3.8) is 0 Å². The second-order valence-electron chi connectivity index (χ2n) is 7.20. The van der Waals surface area contributed by atoms with Crippen molar-refractivity contribution in [3.8, 4) is 5.75 Å². The third-order valence-corrected chi connectivity index (χ3v) is 4.91. The molecule has 154 valence electrons. The Morgan fingerprint density at radius 1 is 1.17 bits per heavy atom. The minimum Gasteiger partial charge on any atom is -0.497 e. The zero-order valence-electron chi connectivity index (χ0n) is 17.2. The molecule has 0 saturated heterocycles. The van der Waals surface area contributed by atoms with Gasteiger partial charge >= 0.3 is 0 Å². The van der Waals surface area contributed by atoms with Crippen LogP contribution in [0.1, 0.15) is 42.6 Å². The number of anilines is 1. The van der Waals surface area contributed by atoms with Crippen molar-refractivity contribution in [2.75, 3.05) is 12.4 Å². The van der Waals surface area contributed by atoms with Crippen LogP contribution in [-0.4, -0.2) is 34.2 Å². The molecule has 0 atom stereocenters. The van der Waals surface area contributed by atoms with Crippen molar-refractivity contribution in [2.24, 2.45) is 4.99 Å². The van der Waals surface area contributed by atoms with Crippen LogP contribution in [0.25, 0.3) is 0 Å². The normalized spacial score (nSPS) is 14.5. The third kappa shape index (κ3) is 6.67. The van der Waals surface area contributed by atoms with Crippen LogP contribution >= 0.6 is 12.2 Å². The van der Waals surface area contributed by atoms with Gasteiger partial charge in [-0.3, -0.25) is 5.32 Å². The van der Waals surface area contributed by atoms with Gasteiger partial charge < -0.3 is 15.4 Å². The Kier molecular flexibility index (Phi) is 7.35. The Hall–Kier alpha value is -2.74. The number of guanidine groups is 1. The maximum atomic E-state index is 5.50. The highest BCUT2D eigenvalue weighted by atomic mass is 32.1. The lowest BCUT2D eigenvalue weighted by Crippen LogP contribution is -2.46. The standard InChI is InChI=1S/C21H28N6OS/c1-14-11-15(2)24-20(23-14)26-19(27-21(29)25-17-8-4-5-9-17)22-13-16-7-6-10-18(12-16)28-3/h6-7,10-12,17H,4-5,8-9,13H2,1-3H3,(H3,22,23,24,25,26,27,29). The van der Waals surface area contributed by atoms with E-state index in [4.69, 9.17) is 17.0 Å². The molecule has 29 heavy (non-hydrogen) atoms. The highest BCUT2D eigenvalue weighted by Gasteiger charge is 2.16. The lowest BCUT2D eigenvalue weighted by Gasteiger charge is -2.17. The average molecular weight is 413 g/mol.